The third-order valence-electron chi connectivity index (χ3n) is 3.30. The van der Waals surface area contributed by atoms with Crippen LogP contribution in [0.2, 0.25) is 0 Å². The van der Waals surface area contributed by atoms with Crippen LogP contribution < -0.4 is 5.73 Å². The molecule has 1 aliphatic heterocycles. The van der Waals surface area contributed by atoms with Gasteiger partial charge in [0.15, 0.2) is 9.84 Å². The fourth-order valence-electron chi connectivity index (χ4n) is 2.22. The Labute approximate surface area is 104 Å². The van der Waals surface area contributed by atoms with Gasteiger partial charge in [0.05, 0.1) is 24.7 Å². The van der Waals surface area contributed by atoms with E-state index in [0.29, 0.717) is 37.9 Å². The lowest BCUT2D eigenvalue weighted by Crippen LogP contribution is -2.26. The fraction of sp³-hybridized carbons (Fsp3) is 1.00. The molecule has 2 atom stereocenters. The van der Waals surface area contributed by atoms with Gasteiger partial charge in [0.1, 0.15) is 0 Å². The Hall–Kier alpha value is -0.170. The highest BCUT2D eigenvalue weighted by molar-refractivity contribution is 7.91. The smallest absolute Gasteiger partial charge is 0.150 e. The standard InChI is InChI=1S/C11H23NO4S/c1-15-5-6-16-4-2-10(8-12)11-3-7-17(13,14)9-11/h10-11H,2-9,12H2,1H3. The Morgan fingerprint density at radius 3 is 2.65 bits per heavy atom. The van der Waals surface area contributed by atoms with E-state index in [1.54, 1.807) is 7.11 Å². The summed E-state index contributed by atoms with van der Waals surface area (Å²) < 4.78 is 33.0. The molecule has 102 valence electrons. The van der Waals surface area contributed by atoms with Crippen molar-refractivity contribution < 1.29 is 17.9 Å². The molecule has 1 rings (SSSR count). The molecule has 0 aromatic carbocycles. The van der Waals surface area contributed by atoms with Crippen molar-refractivity contribution in [2.45, 2.75) is 12.8 Å². The first-order valence-electron chi connectivity index (χ1n) is 6.06. The topological polar surface area (TPSA) is 78.6 Å². The number of sulfone groups is 1. The van der Waals surface area contributed by atoms with Crippen LogP contribution in [0.15, 0.2) is 0 Å². The highest BCUT2D eigenvalue weighted by Gasteiger charge is 2.32. The number of hydrogen-bond acceptors (Lipinski definition) is 5. The minimum atomic E-state index is -2.81. The molecule has 0 radical (unpaired) electrons. The molecular formula is C11H23NO4S. The van der Waals surface area contributed by atoms with Crippen LogP contribution in [-0.4, -0.2) is 53.4 Å². The van der Waals surface area contributed by atoms with Gasteiger partial charge in [0.2, 0.25) is 0 Å². The van der Waals surface area contributed by atoms with E-state index in [-0.39, 0.29) is 11.8 Å². The van der Waals surface area contributed by atoms with Crippen molar-refractivity contribution in [3.8, 4) is 0 Å². The van der Waals surface area contributed by atoms with Crippen molar-refractivity contribution in [3.05, 3.63) is 0 Å². The average molecular weight is 265 g/mol. The average Bonchev–Trinajstić information content (AvgIpc) is 2.64. The Bertz CT molecular complexity index is 305. The van der Waals surface area contributed by atoms with Gasteiger partial charge in [0.25, 0.3) is 0 Å². The summed E-state index contributed by atoms with van der Waals surface area (Å²) in [5.74, 6) is 1.09. The largest absolute Gasteiger partial charge is 0.382 e. The van der Waals surface area contributed by atoms with Crippen LogP contribution in [0, 0.1) is 11.8 Å². The maximum atomic E-state index is 11.4. The first kappa shape index (κ1) is 14.9. The van der Waals surface area contributed by atoms with Crippen LogP contribution in [-0.2, 0) is 19.3 Å². The summed E-state index contributed by atoms with van der Waals surface area (Å²) >= 11 is 0. The summed E-state index contributed by atoms with van der Waals surface area (Å²) in [6.07, 6.45) is 1.59. The lowest BCUT2D eigenvalue weighted by Gasteiger charge is -2.20. The van der Waals surface area contributed by atoms with Gasteiger partial charge in [-0.05, 0) is 31.2 Å². The molecule has 2 N–H and O–H groups in total. The third-order valence-corrected chi connectivity index (χ3v) is 5.10. The van der Waals surface area contributed by atoms with E-state index in [2.05, 4.69) is 0 Å². The van der Waals surface area contributed by atoms with E-state index in [4.69, 9.17) is 15.2 Å². The van der Waals surface area contributed by atoms with E-state index >= 15 is 0 Å². The van der Waals surface area contributed by atoms with Gasteiger partial charge >= 0.3 is 0 Å². The zero-order valence-corrected chi connectivity index (χ0v) is 11.2. The molecular weight excluding hydrogens is 242 g/mol. The van der Waals surface area contributed by atoms with Crippen molar-refractivity contribution >= 4 is 9.84 Å². The Morgan fingerprint density at radius 2 is 2.12 bits per heavy atom. The van der Waals surface area contributed by atoms with Gasteiger partial charge in [-0.25, -0.2) is 8.42 Å². The molecule has 0 aliphatic carbocycles. The van der Waals surface area contributed by atoms with Gasteiger partial charge in [-0.2, -0.15) is 0 Å². The summed E-state index contributed by atoms with van der Waals surface area (Å²) in [7, 11) is -1.17. The molecule has 1 saturated heterocycles. The number of methoxy groups -OCH3 is 1. The molecule has 1 fully saturated rings. The van der Waals surface area contributed by atoms with Gasteiger partial charge in [-0.1, -0.05) is 0 Å². The molecule has 0 bridgehead atoms. The van der Waals surface area contributed by atoms with E-state index in [1.807, 2.05) is 0 Å². The quantitative estimate of drug-likeness (QED) is 0.627. The molecule has 17 heavy (non-hydrogen) atoms. The van der Waals surface area contributed by atoms with Crippen LogP contribution in [0.3, 0.4) is 0 Å². The maximum Gasteiger partial charge on any atom is 0.150 e. The SMILES string of the molecule is COCCOCCC(CN)C1CCS(=O)(=O)C1. The van der Waals surface area contributed by atoms with Crippen molar-refractivity contribution in [3.63, 3.8) is 0 Å². The van der Waals surface area contributed by atoms with Crippen LogP contribution >= 0.6 is 0 Å². The van der Waals surface area contributed by atoms with Crippen LogP contribution in [0.1, 0.15) is 12.8 Å². The van der Waals surface area contributed by atoms with E-state index in [1.165, 1.54) is 0 Å². The molecule has 1 aliphatic rings. The van der Waals surface area contributed by atoms with E-state index in [9.17, 15) is 8.42 Å². The number of rotatable bonds is 8. The van der Waals surface area contributed by atoms with Crippen molar-refractivity contribution in [2.75, 3.05) is 45.0 Å². The predicted molar refractivity (Wildman–Crippen MR) is 66.6 cm³/mol. The van der Waals surface area contributed by atoms with Crippen molar-refractivity contribution in [1.82, 2.24) is 0 Å². The minimum absolute atomic E-state index is 0.219. The second kappa shape index (κ2) is 7.31. The molecule has 6 heteroatoms. The monoisotopic (exact) mass is 265 g/mol. The van der Waals surface area contributed by atoms with Crippen LogP contribution in [0.25, 0.3) is 0 Å². The zero-order chi connectivity index (χ0) is 12.7. The molecule has 2 unspecified atom stereocenters. The highest BCUT2D eigenvalue weighted by Crippen LogP contribution is 2.27. The summed E-state index contributed by atoms with van der Waals surface area (Å²) in [5.41, 5.74) is 5.71. The van der Waals surface area contributed by atoms with Crippen molar-refractivity contribution in [1.29, 1.82) is 0 Å². The fourth-order valence-corrected chi connectivity index (χ4v) is 4.14. The van der Waals surface area contributed by atoms with Gasteiger partial charge in [0, 0.05) is 13.7 Å². The normalized spacial score (nSPS) is 24.9. The summed E-state index contributed by atoms with van der Waals surface area (Å²) in [6, 6.07) is 0. The Kier molecular flexibility index (Phi) is 6.40. The second-order valence-electron chi connectivity index (χ2n) is 4.55. The summed E-state index contributed by atoms with van der Waals surface area (Å²) in [4.78, 5) is 0. The molecule has 0 spiro atoms. The highest BCUT2D eigenvalue weighted by atomic mass is 32.2. The first-order chi connectivity index (χ1) is 8.09. The molecule has 0 saturated carbocycles. The lowest BCUT2D eigenvalue weighted by atomic mass is 9.89. The zero-order valence-electron chi connectivity index (χ0n) is 10.4. The van der Waals surface area contributed by atoms with E-state index in [0.717, 1.165) is 12.8 Å². The van der Waals surface area contributed by atoms with Crippen molar-refractivity contribution in [2.24, 2.45) is 17.6 Å². The van der Waals surface area contributed by atoms with E-state index < -0.39 is 9.84 Å². The predicted octanol–water partition coefficient (Wildman–Crippen LogP) is 0.0491. The summed E-state index contributed by atoms with van der Waals surface area (Å²) in [5, 5.41) is 0. The van der Waals surface area contributed by atoms with Gasteiger partial charge in [-0.15, -0.1) is 0 Å². The third kappa shape index (κ3) is 5.33. The lowest BCUT2D eigenvalue weighted by molar-refractivity contribution is 0.0609. The van der Waals surface area contributed by atoms with Crippen LogP contribution in [0.4, 0.5) is 0 Å². The minimum Gasteiger partial charge on any atom is -0.382 e. The maximum absolute atomic E-state index is 11.4. The van der Waals surface area contributed by atoms with Crippen LogP contribution in [0.5, 0.6) is 0 Å². The first-order valence-corrected chi connectivity index (χ1v) is 7.88. The Balaban J connectivity index is 2.24. The van der Waals surface area contributed by atoms with Gasteiger partial charge < -0.3 is 15.2 Å². The number of hydrogen-bond donors (Lipinski definition) is 1. The second-order valence-corrected chi connectivity index (χ2v) is 6.78. The molecule has 5 nitrogen and oxygen atoms in total. The number of nitrogens with two attached hydrogens (primary N) is 1. The summed E-state index contributed by atoms with van der Waals surface area (Å²) in [6.45, 7) is 2.33. The molecule has 0 amide bonds. The Morgan fingerprint density at radius 1 is 1.35 bits per heavy atom. The van der Waals surface area contributed by atoms with Gasteiger partial charge in [-0.3, -0.25) is 0 Å². The molecule has 1 heterocycles. The number of ether oxygens (including phenoxy) is 2. The molecule has 0 aromatic rings. The molecule has 0 aromatic heterocycles.